The number of aromatic nitrogens is 2. The molecule has 102 valence electrons. The number of benzene rings is 1. The Morgan fingerprint density at radius 3 is 2.40 bits per heavy atom. The summed E-state index contributed by atoms with van der Waals surface area (Å²) in [6.07, 6.45) is 0. The number of halogens is 1. The Morgan fingerprint density at radius 1 is 1.20 bits per heavy atom. The minimum atomic E-state index is -0.364. The minimum Gasteiger partial charge on any atom is -0.228 e. The lowest BCUT2D eigenvalue weighted by atomic mass is 10.1. The number of thioether (sulfide) groups is 1. The van der Waals surface area contributed by atoms with E-state index >= 15 is 0 Å². The van der Waals surface area contributed by atoms with Gasteiger partial charge in [-0.3, -0.25) is 0 Å². The van der Waals surface area contributed by atoms with Crippen molar-refractivity contribution in [2.45, 2.75) is 31.7 Å². The minimum absolute atomic E-state index is 0.328. The second kappa shape index (κ2) is 6.02. The molecule has 2 rings (SSSR count). The lowest BCUT2D eigenvalue weighted by Gasteiger charge is -2.07. The van der Waals surface area contributed by atoms with Crippen LogP contribution in [0.15, 0.2) is 23.4 Å². The van der Waals surface area contributed by atoms with Crippen molar-refractivity contribution in [1.82, 2.24) is 9.97 Å². The van der Waals surface area contributed by atoms with E-state index in [4.69, 9.17) is 5.26 Å². The number of hydrogen-bond donors (Lipinski definition) is 0. The van der Waals surface area contributed by atoms with Crippen LogP contribution in [0.5, 0.6) is 0 Å². The normalized spacial score (nSPS) is 10.3. The third-order valence-electron chi connectivity index (χ3n) is 3.15. The fourth-order valence-electron chi connectivity index (χ4n) is 1.68. The van der Waals surface area contributed by atoms with E-state index < -0.39 is 0 Å². The quantitative estimate of drug-likeness (QED) is 0.638. The van der Waals surface area contributed by atoms with Gasteiger partial charge in [-0.05, 0) is 44.0 Å². The first-order chi connectivity index (χ1) is 9.51. The van der Waals surface area contributed by atoms with E-state index in [9.17, 15) is 4.39 Å². The summed E-state index contributed by atoms with van der Waals surface area (Å²) >= 11 is 1.39. The second-order valence-corrected chi connectivity index (χ2v) is 5.45. The number of rotatable bonds is 3. The van der Waals surface area contributed by atoms with Gasteiger partial charge in [0.2, 0.25) is 0 Å². The van der Waals surface area contributed by atoms with Crippen molar-refractivity contribution in [2.75, 3.05) is 0 Å². The Hall–Kier alpha value is -1.93. The monoisotopic (exact) mass is 287 g/mol. The van der Waals surface area contributed by atoms with Gasteiger partial charge in [-0.15, -0.1) is 0 Å². The molecule has 1 heterocycles. The van der Waals surface area contributed by atoms with Crippen molar-refractivity contribution < 1.29 is 4.39 Å². The molecule has 0 atom stereocenters. The predicted octanol–water partition coefficient (Wildman–Crippen LogP) is 3.70. The molecule has 3 nitrogen and oxygen atoms in total. The number of hydrogen-bond acceptors (Lipinski definition) is 4. The van der Waals surface area contributed by atoms with Crippen LogP contribution in [0, 0.1) is 37.9 Å². The van der Waals surface area contributed by atoms with Gasteiger partial charge < -0.3 is 0 Å². The Labute approximate surface area is 121 Å². The largest absolute Gasteiger partial charge is 0.228 e. The number of aryl methyl sites for hydroxylation is 2. The van der Waals surface area contributed by atoms with Crippen LogP contribution in [-0.2, 0) is 5.75 Å². The number of nitriles is 1. The van der Waals surface area contributed by atoms with Crippen LogP contribution in [0.2, 0.25) is 0 Å². The molecule has 0 saturated carbocycles. The Morgan fingerprint density at radius 2 is 1.85 bits per heavy atom. The molecule has 0 bridgehead atoms. The van der Waals surface area contributed by atoms with E-state index in [1.807, 2.05) is 26.8 Å². The third kappa shape index (κ3) is 3.14. The molecule has 0 N–H and O–H groups in total. The maximum atomic E-state index is 13.8. The summed E-state index contributed by atoms with van der Waals surface area (Å²) < 4.78 is 13.8. The summed E-state index contributed by atoms with van der Waals surface area (Å²) in [4.78, 5) is 8.78. The summed E-state index contributed by atoms with van der Waals surface area (Å²) in [7, 11) is 0. The zero-order chi connectivity index (χ0) is 14.7. The van der Waals surface area contributed by atoms with Crippen molar-refractivity contribution in [3.05, 3.63) is 52.1 Å². The van der Waals surface area contributed by atoms with Gasteiger partial charge in [-0.2, -0.15) is 5.26 Å². The fourth-order valence-corrected chi connectivity index (χ4v) is 2.60. The molecule has 0 saturated heterocycles. The predicted molar refractivity (Wildman–Crippen MR) is 76.9 cm³/mol. The second-order valence-electron chi connectivity index (χ2n) is 4.51. The van der Waals surface area contributed by atoms with Crippen LogP contribution in [-0.4, -0.2) is 9.97 Å². The third-order valence-corrected chi connectivity index (χ3v) is 4.05. The molecule has 0 aliphatic heterocycles. The van der Waals surface area contributed by atoms with Crippen LogP contribution < -0.4 is 0 Å². The van der Waals surface area contributed by atoms with E-state index in [0.29, 0.717) is 22.0 Å². The molecule has 1 aromatic heterocycles. The molecule has 0 spiro atoms. The maximum Gasteiger partial charge on any atom is 0.188 e. The van der Waals surface area contributed by atoms with Crippen molar-refractivity contribution in [1.29, 1.82) is 5.26 Å². The lowest BCUT2D eigenvalue weighted by Crippen LogP contribution is -1.98. The van der Waals surface area contributed by atoms with E-state index in [0.717, 1.165) is 17.0 Å². The van der Waals surface area contributed by atoms with Crippen molar-refractivity contribution in [3.63, 3.8) is 0 Å². The highest BCUT2D eigenvalue weighted by Gasteiger charge is 2.08. The summed E-state index contributed by atoms with van der Waals surface area (Å²) in [6, 6.07) is 6.42. The summed E-state index contributed by atoms with van der Waals surface area (Å²) in [5, 5.41) is 9.35. The van der Waals surface area contributed by atoms with Crippen LogP contribution in [0.1, 0.15) is 28.1 Å². The summed E-state index contributed by atoms with van der Waals surface area (Å²) in [6.45, 7) is 5.87. The van der Waals surface area contributed by atoms with Gasteiger partial charge in [-0.1, -0.05) is 17.8 Å². The fraction of sp³-hybridized carbons (Fsp3) is 0.267. The Bertz CT molecular complexity index is 669. The van der Waals surface area contributed by atoms with Crippen LogP contribution >= 0.6 is 11.8 Å². The smallest absolute Gasteiger partial charge is 0.188 e. The highest BCUT2D eigenvalue weighted by Crippen LogP contribution is 2.23. The van der Waals surface area contributed by atoms with E-state index in [1.165, 1.54) is 17.8 Å². The zero-order valence-electron chi connectivity index (χ0n) is 11.6. The van der Waals surface area contributed by atoms with E-state index in [2.05, 4.69) is 9.97 Å². The average Bonchev–Trinajstić information content (AvgIpc) is 2.43. The molecule has 2 aromatic rings. The van der Waals surface area contributed by atoms with Gasteiger partial charge in [0.25, 0.3) is 0 Å². The van der Waals surface area contributed by atoms with Gasteiger partial charge >= 0.3 is 0 Å². The van der Waals surface area contributed by atoms with Crippen molar-refractivity contribution in [3.8, 4) is 6.07 Å². The molecular weight excluding hydrogens is 273 g/mol. The van der Waals surface area contributed by atoms with E-state index in [1.54, 1.807) is 12.1 Å². The number of nitrogens with zero attached hydrogens (tertiary/aromatic N) is 3. The summed E-state index contributed by atoms with van der Waals surface area (Å²) in [5.74, 6) is 0.0801. The molecule has 5 heteroatoms. The molecule has 0 aliphatic rings. The standard InChI is InChI=1S/C15H14FN3S/c1-9-10(2)18-15(19-11(9)3)20-8-13-5-4-12(7-17)6-14(13)16/h4-6H,8H2,1-3H3. The Kier molecular flexibility index (Phi) is 4.35. The molecule has 0 fully saturated rings. The molecule has 20 heavy (non-hydrogen) atoms. The molecular formula is C15H14FN3S. The first kappa shape index (κ1) is 14.5. The molecule has 0 aliphatic carbocycles. The van der Waals surface area contributed by atoms with Gasteiger partial charge in [-0.25, -0.2) is 14.4 Å². The first-order valence-corrected chi connectivity index (χ1v) is 7.13. The average molecular weight is 287 g/mol. The topological polar surface area (TPSA) is 49.6 Å². The van der Waals surface area contributed by atoms with Gasteiger partial charge in [0.05, 0.1) is 11.6 Å². The van der Waals surface area contributed by atoms with Crippen LogP contribution in [0.4, 0.5) is 4.39 Å². The molecule has 0 unspecified atom stereocenters. The molecule has 0 amide bonds. The van der Waals surface area contributed by atoms with Crippen molar-refractivity contribution >= 4 is 11.8 Å². The summed E-state index contributed by atoms with van der Waals surface area (Å²) in [5.41, 5.74) is 3.85. The molecule has 0 radical (unpaired) electrons. The Balaban J connectivity index is 2.15. The van der Waals surface area contributed by atoms with E-state index in [-0.39, 0.29) is 5.82 Å². The van der Waals surface area contributed by atoms with Crippen molar-refractivity contribution in [2.24, 2.45) is 0 Å². The highest BCUT2D eigenvalue weighted by atomic mass is 32.2. The lowest BCUT2D eigenvalue weighted by molar-refractivity contribution is 0.617. The zero-order valence-corrected chi connectivity index (χ0v) is 12.4. The highest BCUT2D eigenvalue weighted by molar-refractivity contribution is 7.98. The first-order valence-electron chi connectivity index (χ1n) is 6.14. The van der Waals surface area contributed by atoms with Crippen LogP contribution in [0.25, 0.3) is 0 Å². The SMILES string of the molecule is Cc1nc(SCc2ccc(C#N)cc2F)nc(C)c1C. The van der Waals surface area contributed by atoms with Crippen LogP contribution in [0.3, 0.4) is 0 Å². The van der Waals surface area contributed by atoms with Gasteiger partial charge in [0.1, 0.15) is 5.82 Å². The molecule has 1 aromatic carbocycles. The van der Waals surface area contributed by atoms with Gasteiger partial charge in [0, 0.05) is 17.1 Å². The maximum absolute atomic E-state index is 13.8. The van der Waals surface area contributed by atoms with Gasteiger partial charge in [0.15, 0.2) is 5.16 Å².